The molecule has 2 aliphatic rings. The first-order valence-corrected chi connectivity index (χ1v) is 11.2. The van der Waals surface area contributed by atoms with Crippen LogP contribution in [0.1, 0.15) is 85.5 Å². The van der Waals surface area contributed by atoms with E-state index < -0.39 is 11.7 Å². The molecule has 1 fully saturated rings. The molecule has 0 amide bonds. The lowest BCUT2D eigenvalue weighted by molar-refractivity contribution is -0.140. The van der Waals surface area contributed by atoms with Crippen LogP contribution in [0.5, 0.6) is 0 Å². The summed E-state index contributed by atoms with van der Waals surface area (Å²) in [6.45, 7) is 12.4. The summed E-state index contributed by atoms with van der Waals surface area (Å²) in [5.74, 6) is -0.486. The van der Waals surface area contributed by atoms with Crippen LogP contribution in [0.2, 0.25) is 0 Å². The van der Waals surface area contributed by atoms with Gasteiger partial charge in [0.05, 0.1) is 30.0 Å². The molecule has 5 nitrogen and oxygen atoms in total. The van der Waals surface area contributed by atoms with Crippen LogP contribution in [0.4, 0.5) is 0 Å². The van der Waals surface area contributed by atoms with Crippen molar-refractivity contribution in [2.75, 3.05) is 6.61 Å². The number of hydrogen-bond acceptors (Lipinski definition) is 5. The Bertz CT molecular complexity index is 608. The molecular weight excluding hydrogens is 368 g/mol. The third kappa shape index (κ3) is 6.94. The lowest BCUT2D eigenvalue weighted by Gasteiger charge is -2.31. The number of ether oxygens (including phenoxy) is 2. The van der Waals surface area contributed by atoms with Crippen LogP contribution in [0.3, 0.4) is 0 Å². The summed E-state index contributed by atoms with van der Waals surface area (Å²) >= 11 is 0. The Hall–Kier alpha value is -1.17. The summed E-state index contributed by atoms with van der Waals surface area (Å²) in [4.78, 5) is 12.5. The molecule has 1 saturated heterocycles. The molecule has 0 aromatic heterocycles. The molecule has 166 valence electrons. The van der Waals surface area contributed by atoms with Gasteiger partial charge in [-0.1, -0.05) is 31.6 Å². The van der Waals surface area contributed by atoms with Gasteiger partial charge in [0.1, 0.15) is 0 Å². The van der Waals surface area contributed by atoms with Gasteiger partial charge in [-0.25, -0.2) is 4.79 Å². The third-order valence-electron chi connectivity index (χ3n) is 6.68. The third-order valence-corrected chi connectivity index (χ3v) is 6.68. The first-order chi connectivity index (χ1) is 13.6. The lowest BCUT2D eigenvalue weighted by atomic mass is 9.81. The lowest BCUT2D eigenvalue weighted by Crippen LogP contribution is -2.40. The fourth-order valence-corrected chi connectivity index (χ4v) is 4.09. The van der Waals surface area contributed by atoms with Crippen molar-refractivity contribution >= 4 is 5.97 Å². The van der Waals surface area contributed by atoms with E-state index in [2.05, 4.69) is 33.4 Å². The van der Waals surface area contributed by atoms with Gasteiger partial charge in [-0.3, -0.25) is 0 Å². The highest BCUT2D eigenvalue weighted by Crippen LogP contribution is 2.46. The van der Waals surface area contributed by atoms with Gasteiger partial charge < -0.3 is 19.7 Å². The molecule has 5 heteroatoms. The zero-order chi connectivity index (χ0) is 21.7. The van der Waals surface area contributed by atoms with Crippen molar-refractivity contribution in [3.8, 4) is 0 Å². The normalized spacial score (nSPS) is 38.1. The van der Waals surface area contributed by atoms with Crippen LogP contribution in [0.25, 0.3) is 0 Å². The molecule has 0 saturated carbocycles. The number of esters is 1. The molecule has 1 aliphatic carbocycles. The van der Waals surface area contributed by atoms with Crippen molar-refractivity contribution in [3.63, 3.8) is 0 Å². The number of fused-ring (bicyclic) bond motifs is 1. The largest absolute Gasteiger partial charge is 0.462 e. The highest BCUT2D eigenvalue weighted by molar-refractivity contribution is 5.88. The summed E-state index contributed by atoms with van der Waals surface area (Å²) in [5.41, 5.74) is 0.321. The van der Waals surface area contributed by atoms with E-state index in [1.165, 1.54) is 5.57 Å². The van der Waals surface area contributed by atoms with E-state index >= 15 is 0 Å². The van der Waals surface area contributed by atoms with Crippen LogP contribution >= 0.6 is 0 Å². The van der Waals surface area contributed by atoms with Crippen LogP contribution < -0.4 is 0 Å². The van der Waals surface area contributed by atoms with Gasteiger partial charge in [-0.05, 0) is 78.1 Å². The van der Waals surface area contributed by atoms with E-state index in [1.807, 2.05) is 0 Å². The summed E-state index contributed by atoms with van der Waals surface area (Å²) in [6.07, 6.45) is 8.09. The summed E-state index contributed by atoms with van der Waals surface area (Å²) < 4.78 is 11.4. The number of allylic oxidation sites excluding steroid dienone is 2. The van der Waals surface area contributed by atoms with E-state index in [-0.39, 0.29) is 23.6 Å². The van der Waals surface area contributed by atoms with Gasteiger partial charge in [0.15, 0.2) is 0 Å². The molecule has 1 heterocycles. The second-order valence-corrected chi connectivity index (χ2v) is 9.41. The Morgan fingerprint density at radius 2 is 2.07 bits per heavy atom. The van der Waals surface area contributed by atoms with Crippen molar-refractivity contribution in [2.45, 2.75) is 109 Å². The Morgan fingerprint density at radius 3 is 2.76 bits per heavy atom. The van der Waals surface area contributed by atoms with E-state index in [9.17, 15) is 15.0 Å². The van der Waals surface area contributed by atoms with Gasteiger partial charge in [0.25, 0.3) is 0 Å². The van der Waals surface area contributed by atoms with Crippen molar-refractivity contribution in [1.82, 2.24) is 0 Å². The van der Waals surface area contributed by atoms with Gasteiger partial charge in [0, 0.05) is 5.57 Å². The molecule has 1 aliphatic heterocycles. The molecule has 2 N–H and O–H groups in total. The summed E-state index contributed by atoms with van der Waals surface area (Å²) in [5, 5.41) is 21.4. The summed E-state index contributed by atoms with van der Waals surface area (Å²) in [7, 11) is 0. The average Bonchev–Trinajstić information content (AvgIpc) is 3.31. The van der Waals surface area contributed by atoms with Crippen LogP contribution in [-0.4, -0.2) is 46.2 Å². The first kappa shape index (κ1) is 24.1. The molecule has 5 atom stereocenters. The maximum Gasteiger partial charge on any atom is 0.333 e. The topological polar surface area (TPSA) is 79.3 Å². The number of carbonyl (C=O) groups excluding carboxylic acids is 1. The molecule has 2 rings (SSSR count). The van der Waals surface area contributed by atoms with Gasteiger partial charge in [0.2, 0.25) is 0 Å². The maximum atomic E-state index is 12.5. The molecule has 0 unspecified atom stereocenters. The Labute approximate surface area is 176 Å². The quantitative estimate of drug-likeness (QED) is 0.231. The number of aliphatic hydroxyl groups is 2. The smallest absolute Gasteiger partial charge is 0.333 e. The zero-order valence-corrected chi connectivity index (χ0v) is 18.7. The second-order valence-electron chi connectivity index (χ2n) is 9.41. The van der Waals surface area contributed by atoms with E-state index in [4.69, 9.17) is 9.47 Å². The number of unbranched alkanes of at least 4 members (excludes halogenated alkanes) is 1. The minimum Gasteiger partial charge on any atom is -0.462 e. The SMILES string of the molecule is C=C(C(=O)OCCCC)[C@@H]1CC[C@@](C)(O)[C@H](O)CC/C(C)=C/CC[C@]2(C)O[C@H]2C1. The molecule has 29 heavy (non-hydrogen) atoms. The van der Waals surface area contributed by atoms with E-state index in [1.54, 1.807) is 6.92 Å². The zero-order valence-electron chi connectivity index (χ0n) is 18.7. The highest BCUT2D eigenvalue weighted by Gasteiger charge is 2.52. The second kappa shape index (κ2) is 10.2. The van der Waals surface area contributed by atoms with E-state index in [0.29, 0.717) is 37.9 Å². The predicted octanol–water partition coefficient (Wildman–Crippen LogP) is 4.46. The molecule has 0 aromatic rings. The minimum absolute atomic E-state index is 0.0826. The maximum absolute atomic E-state index is 12.5. The van der Waals surface area contributed by atoms with Gasteiger partial charge in [-0.2, -0.15) is 0 Å². The standard InChI is InChI=1S/C24H40O5/c1-6-7-15-28-22(26)18(3)19-12-14-23(4,27)20(25)11-10-17(2)9-8-13-24(5)21(16-19)29-24/h9,19-21,25,27H,3,6-8,10-16H2,1-2,4-5H3/b17-9+/t19-,20-,21+,23-,24+/m1/s1. The Balaban J connectivity index is 2.12. The highest BCUT2D eigenvalue weighted by atomic mass is 16.6. The molecule has 0 radical (unpaired) electrons. The van der Waals surface area contributed by atoms with Crippen molar-refractivity contribution in [1.29, 1.82) is 0 Å². The minimum atomic E-state index is -1.21. The van der Waals surface area contributed by atoms with Crippen LogP contribution in [-0.2, 0) is 14.3 Å². The number of carbonyl (C=O) groups is 1. The number of aliphatic hydroxyl groups excluding tert-OH is 1. The fourth-order valence-electron chi connectivity index (χ4n) is 4.09. The average molecular weight is 409 g/mol. The Morgan fingerprint density at radius 1 is 1.34 bits per heavy atom. The van der Waals surface area contributed by atoms with Crippen molar-refractivity contribution < 1.29 is 24.5 Å². The number of epoxide rings is 1. The molecule has 0 spiro atoms. The molecular formula is C24H40O5. The van der Waals surface area contributed by atoms with Crippen LogP contribution in [0.15, 0.2) is 23.8 Å². The van der Waals surface area contributed by atoms with Gasteiger partial charge >= 0.3 is 5.97 Å². The number of hydrogen-bond donors (Lipinski definition) is 2. The molecule has 0 bridgehead atoms. The summed E-state index contributed by atoms with van der Waals surface area (Å²) in [6, 6.07) is 0. The monoisotopic (exact) mass is 408 g/mol. The number of rotatable bonds is 5. The fraction of sp³-hybridized carbons (Fsp3) is 0.792. The molecule has 0 aromatic carbocycles. The van der Waals surface area contributed by atoms with Gasteiger partial charge in [-0.15, -0.1) is 0 Å². The van der Waals surface area contributed by atoms with E-state index in [0.717, 1.165) is 32.1 Å². The predicted molar refractivity (Wildman–Crippen MR) is 114 cm³/mol. The Kier molecular flexibility index (Phi) is 8.50. The first-order valence-electron chi connectivity index (χ1n) is 11.2. The van der Waals surface area contributed by atoms with Crippen molar-refractivity contribution in [2.24, 2.45) is 5.92 Å². The van der Waals surface area contributed by atoms with Crippen LogP contribution in [0, 0.1) is 5.92 Å². The van der Waals surface area contributed by atoms with Crippen molar-refractivity contribution in [3.05, 3.63) is 23.8 Å².